The minimum Gasteiger partial charge on any atom is -0.396 e. The average molecular weight is 185 g/mol. The molecule has 0 heterocycles. The maximum Gasteiger partial charge on any atom is 0.146 e. The molecular weight excluding hydrogens is 173 g/mol. The van der Waals surface area contributed by atoms with Crippen molar-refractivity contribution in [1.29, 1.82) is 0 Å². The molecule has 0 saturated heterocycles. The summed E-state index contributed by atoms with van der Waals surface area (Å²) in [4.78, 5) is 0. The van der Waals surface area contributed by atoms with Gasteiger partial charge in [-0.15, -0.1) is 0 Å². The number of nitrogen functional groups attached to an aromatic ring is 1. The van der Waals surface area contributed by atoms with E-state index in [0.717, 1.165) is 17.1 Å². The molecular formula is C9H12FNS. The van der Waals surface area contributed by atoms with Gasteiger partial charge in [0.1, 0.15) is 5.82 Å². The smallest absolute Gasteiger partial charge is 0.146 e. The number of thioether (sulfide) groups is 1. The summed E-state index contributed by atoms with van der Waals surface area (Å²) in [7, 11) is 0. The minimum atomic E-state index is -0.316. The zero-order valence-corrected chi connectivity index (χ0v) is 7.83. The summed E-state index contributed by atoms with van der Waals surface area (Å²) in [6, 6.07) is 4.97. The van der Waals surface area contributed by atoms with E-state index < -0.39 is 0 Å². The Balaban J connectivity index is 2.69. The fourth-order valence-electron chi connectivity index (χ4n) is 0.880. The van der Waals surface area contributed by atoms with Gasteiger partial charge >= 0.3 is 0 Å². The Labute approximate surface area is 76.2 Å². The Hall–Kier alpha value is -0.700. The molecule has 0 unspecified atom stereocenters. The molecule has 2 N–H and O–H groups in total. The first-order valence-corrected chi connectivity index (χ1v) is 5.01. The highest BCUT2D eigenvalue weighted by Crippen LogP contribution is 2.16. The van der Waals surface area contributed by atoms with Gasteiger partial charge < -0.3 is 5.73 Å². The predicted molar refractivity (Wildman–Crippen MR) is 52.6 cm³/mol. The second-order valence-corrected chi connectivity index (χ2v) is 3.77. The molecule has 0 fully saturated rings. The molecule has 1 rings (SSSR count). The molecule has 66 valence electrons. The first-order chi connectivity index (χ1) is 5.74. The molecule has 0 aliphatic carbocycles. The molecule has 0 saturated carbocycles. The SMILES string of the molecule is CCSCc1ccc(N)c(F)c1. The third kappa shape index (κ3) is 2.41. The molecule has 0 spiro atoms. The van der Waals surface area contributed by atoms with Crippen LogP contribution in [0.2, 0.25) is 0 Å². The van der Waals surface area contributed by atoms with Gasteiger partial charge in [0.2, 0.25) is 0 Å². The van der Waals surface area contributed by atoms with Crippen LogP contribution in [0.3, 0.4) is 0 Å². The summed E-state index contributed by atoms with van der Waals surface area (Å²) in [5.41, 5.74) is 6.55. The maximum atomic E-state index is 12.9. The second kappa shape index (κ2) is 4.36. The van der Waals surface area contributed by atoms with Crippen LogP contribution in [-0.4, -0.2) is 5.75 Å². The highest BCUT2D eigenvalue weighted by Gasteiger charge is 1.98. The van der Waals surface area contributed by atoms with Gasteiger partial charge in [-0.3, -0.25) is 0 Å². The summed E-state index contributed by atoms with van der Waals surface area (Å²) in [5.74, 6) is 1.59. The van der Waals surface area contributed by atoms with Crippen LogP contribution in [0, 0.1) is 5.82 Å². The van der Waals surface area contributed by atoms with Crippen molar-refractivity contribution in [3.05, 3.63) is 29.6 Å². The van der Waals surface area contributed by atoms with Gasteiger partial charge in [0.05, 0.1) is 5.69 Å². The molecule has 0 amide bonds. The molecule has 0 aliphatic heterocycles. The summed E-state index contributed by atoms with van der Waals surface area (Å²) in [6.07, 6.45) is 0. The van der Waals surface area contributed by atoms with Gasteiger partial charge in [0.15, 0.2) is 0 Å². The molecule has 0 aromatic heterocycles. The first kappa shape index (κ1) is 9.39. The van der Waals surface area contributed by atoms with Crippen molar-refractivity contribution in [1.82, 2.24) is 0 Å². The molecule has 1 aromatic rings. The van der Waals surface area contributed by atoms with Crippen LogP contribution >= 0.6 is 11.8 Å². The Morgan fingerprint density at radius 2 is 2.25 bits per heavy atom. The van der Waals surface area contributed by atoms with Crippen LogP contribution in [0.1, 0.15) is 12.5 Å². The van der Waals surface area contributed by atoms with Crippen molar-refractivity contribution < 1.29 is 4.39 Å². The van der Waals surface area contributed by atoms with Crippen molar-refractivity contribution in [3.63, 3.8) is 0 Å². The van der Waals surface area contributed by atoms with E-state index in [1.165, 1.54) is 6.07 Å². The lowest BCUT2D eigenvalue weighted by molar-refractivity contribution is 0.631. The topological polar surface area (TPSA) is 26.0 Å². The van der Waals surface area contributed by atoms with Crippen molar-refractivity contribution in [2.24, 2.45) is 0 Å². The van der Waals surface area contributed by atoms with E-state index in [4.69, 9.17) is 5.73 Å². The Morgan fingerprint density at radius 3 is 2.83 bits per heavy atom. The van der Waals surface area contributed by atoms with Crippen LogP contribution < -0.4 is 5.73 Å². The van der Waals surface area contributed by atoms with E-state index in [1.807, 2.05) is 6.07 Å². The molecule has 0 bridgehead atoms. The standard InChI is InChI=1S/C9H12FNS/c1-2-12-6-7-3-4-9(11)8(10)5-7/h3-5H,2,6,11H2,1H3. The predicted octanol–water partition coefficient (Wildman–Crippen LogP) is 2.66. The van der Waals surface area contributed by atoms with Crippen LogP contribution in [0.4, 0.5) is 10.1 Å². The molecule has 12 heavy (non-hydrogen) atoms. The summed E-state index contributed by atoms with van der Waals surface area (Å²) < 4.78 is 12.9. The normalized spacial score (nSPS) is 10.2. The first-order valence-electron chi connectivity index (χ1n) is 3.85. The van der Waals surface area contributed by atoms with Crippen LogP contribution in [0.5, 0.6) is 0 Å². The summed E-state index contributed by atoms with van der Waals surface area (Å²) in [5, 5.41) is 0. The Bertz CT molecular complexity index is 263. The van der Waals surface area contributed by atoms with E-state index in [9.17, 15) is 4.39 Å². The number of hydrogen-bond acceptors (Lipinski definition) is 2. The van der Waals surface area contributed by atoms with E-state index >= 15 is 0 Å². The number of hydrogen-bond donors (Lipinski definition) is 1. The number of rotatable bonds is 3. The number of halogens is 1. The lowest BCUT2D eigenvalue weighted by Gasteiger charge is -2.01. The average Bonchev–Trinajstić information content (AvgIpc) is 2.07. The maximum absolute atomic E-state index is 12.9. The van der Waals surface area contributed by atoms with E-state index in [2.05, 4.69) is 6.92 Å². The number of benzene rings is 1. The monoisotopic (exact) mass is 185 g/mol. The summed E-state index contributed by atoms with van der Waals surface area (Å²) in [6.45, 7) is 2.08. The number of nitrogens with two attached hydrogens (primary N) is 1. The molecule has 0 aliphatic rings. The lowest BCUT2D eigenvalue weighted by atomic mass is 10.2. The molecule has 1 nitrogen and oxygen atoms in total. The van der Waals surface area contributed by atoms with Crippen molar-refractivity contribution >= 4 is 17.4 Å². The lowest BCUT2D eigenvalue weighted by Crippen LogP contribution is -1.91. The Morgan fingerprint density at radius 1 is 1.50 bits per heavy atom. The summed E-state index contributed by atoms with van der Waals surface area (Å²) >= 11 is 1.77. The van der Waals surface area contributed by atoms with Crippen molar-refractivity contribution in [2.45, 2.75) is 12.7 Å². The number of anilines is 1. The van der Waals surface area contributed by atoms with Gasteiger partial charge in [0.25, 0.3) is 0 Å². The zero-order chi connectivity index (χ0) is 8.97. The fourth-order valence-corrected chi connectivity index (χ4v) is 1.50. The van der Waals surface area contributed by atoms with E-state index in [0.29, 0.717) is 0 Å². The fraction of sp³-hybridized carbons (Fsp3) is 0.333. The molecule has 0 atom stereocenters. The quantitative estimate of drug-likeness (QED) is 0.733. The third-order valence-electron chi connectivity index (χ3n) is 1.54. The van der Waals surface area contributed by atoms with E-state index in [1.54, 1.807) is 17.8 Å². The van der Waals surface area contributed by atoms with Gasteiger partial charge in [-0.1, -0.05) is 13.0 Å². The Kier molecular flexibility index (Phi) is 3.41. The van der Waals surface area contributed by atoms with Crippen molar-refractivity contribution in [2.75, 3.05) is 11.5 Å². The van der Waals surface area contributed by atoms with Crippen LogP contribution in [0.25, 0.3) is 0 Å². The largest absolute Gasteiger partial charge is 0.396 e. The van der Waals surface area contributed by atoms with Gasteiger partial charge in [-0.25, -0.2) is 4.39 Å². The third-order valence-corrected chi connectivity index (χ3v) is 2.48. The van der Waals surface area contributed by atoms with E-state index in [-0.39, 0.29) is 11.5 Å². The molecule has 3 heteroatoms. The second-order valence-electron chi connectivity index (χ2n) is 2.49. The van der Waals surface area contributed by atoms with Crippen LogP contribution in [0.15, 0.2) is 18.2 Å². The highest BCUT2D eigenvalue weighted by molar-refractivity contribution is 7.98. The highest BCUT2D eigenvalue weighted by atomic mass is 32.2. The van der Waals surface area contributed by atoms with Gasteiger partial charge in [-0.2, -0.15) is 11.8 Å². The molecule has 1 aromatic carbocycles. The molecule has 0 radical (unpaired) electrons. The minimum absolute atomic E-state index is 0.222. The van der Waals surface area contributed by atoms with Gasteiger partial charge in [0, 0.05) is 5.75 Å². The van der Waals surface area contributed by atoms with Crippen LogP contribution in [-0.2, 0) is 5.75 Å². The van der Waals surface area contributed by atoms with Gasteiger partial charge in [-0.05, 0) is 23.4 Å². The zero-order valence-electron chi connectivity index (χ0n) is 7.01. The van der Waals surface area contributed by atoms with Crippen molar-refractivity contribution in [3.8, 4) is 0 Å².